The van der Waals surface area contributed by atoms with Gasteiger partial charge >= 0.3 is 0 Å². The van der Waals surface area contributed by atoms with Gasteiger partial charge in [0, 0.05) is 45.0 Å². The normalized spacial score (nSPS) is 28.8. The van der Waals surface area contributed by atoms with Crippen LogP contribution in [0.4, 0.5) is 5.82 Å². The lowest BCUT2D eigenvalue weighted by Crippen LogP contribution is -2.56. The molecule has 0 radical (unpaired) electrons. The molecule has 0 aliphatic carbocycles. The van der Waals surface area contributed by atoms with Crippen molar-refractivity contribution in [3.63, 3.8) is 0 Å². The first-order valence-electron chi connectivity index (χ1n) is 8.03. The van der Waals surface area contributed by atoms with E-state index >= 15 is 0 Å². The molecule has 0 saturated carbocycles. The average molecular weight is 290 g/mol. The summed E-state index contributed by atoms with van der Waals surface area (Å²) in [6.07, 6.45) is 4.86. The number of aromatic nitrogens is 1. The Hall–Kier alpha value is -1.17. The lowest BCUT2D eigenvalue weighted by Gasteiger charge is -2.41. The molecule has 1 aromatic rings. The topological polar surface area (TPSA) is 54.6 Å². The van der Waals surface area contributed by atoms with Gasteiger partial charge in [-0.2, -0.15) is 0 Å². The molecule has 116 valence electrons. The molecule has 2 saturated heterocycles. The number of rotatable bonds is 4. The molecule has 3 heterocycles. The van der Waals surface area contributed by atoms with Gasteiger partial charge in [-0.1, -0.05) is 6.07 Å². The SMILES string of the molecule is CC1CCC(C(CN)N2CCN(c3ccccn3)CC2)O1. The van der Waals surface area contributed by atoms with E-state index in [1.807, 2.05) is 18.3 Å². The lowest BCUT2D eigenvalue weighted by molar-refractivity contribution is -0.00578. The predicted molar refractivity (Wildman–Crippen MR) is 84.4 cm³/mol. The highest BCUT2D eigenvalue weighted by atomic mass is 16.5. The molecule has 5 nitrogen and oxygen atoms in total. The Balaban J connectivity index is 1.57. The second kappa shape index (κ2) is 6.73. The highest BCUT2D eigenvalue weighted by Crippen LogP contribution is 2.25. The van der Waals surface area contributed by atoms with Gasteiger partial charge in [0.05, 0.1) is 12.2 Å². The van der Waals surface area contributed by atoms with Crippen LogP contribution in [-0.2, 0) is 4.74 Å². The van der Waals surface area contributed by atoms with Crippen molar-refractivity contribution < 1.29 is 4.74 Å². The molecule has 2 N–H and O–H groups in total. The largest absolute Gasteiger partial charge is 0.374 e. The van der Waals surface area contributed by atoms with Crippen LogP contribution in [0.2, 0.25) is 0 Å². The molecule has 0 aromatic carbocycles. The highest BCUT2D eigenvalue weighted by Gasteiger charge is 2.34. The summed E-state index contributed by atoms with van der Waals surface area (Å²) in [5, 5.41) is 0. The van der Waals surface area contributed by atoms with E-state index in [-0.39, 0.29) is 0 Å². The quantitative estimate of drug-likeness (QED) is 0.900. The molecule has 3 rings (SSSR count). The number of nitrogens with zero attached hydrogens (tertiary/aromatic N) is 3. The summed E-state index contributed by atoms with van der Waals surface area (Å²) in [4.78, 5) is 9.29. The summed E-state index contributed by atoms with van der Waals surface area (Å²) in [6.45, 7) is 6.93. The molecule has 3 atom stereocenters. The van der Waals surface area contributed by atoms with Gasteiger partial charge in [0.25, 0.3) is 0 Å². The molecular formula is C16H26N4O. The van der Waals surface area contributed by atoms with Crippen LogP contribution in [-0.4, -0.2) is 60.9 Å². The van der Waals surface area contributed by atoms with Gasteiger partial charge in [-0.05, 0) is 31.9 Å². The van der Waals surface area contributed by atoms with Crippen LogP contribution in [0, 0.1) is 0 Å². The zero-order valence-electron chi connectivity index (χ0n) is 12.8. The first-order chi connectivity index (χ1) is 10.3. The Morgan fingerprint density at radius 3 is 2.67 bits per heavy atom. The van der Waals surface area contributed by atoms with Crippen LogP contribution in [0.15, 0.2) is 24.4 Å². The van der Waals surface area contributed by atoms with Gasteiger partial charge in [0.1, 0.15) is 5.82 Å². The molecule has 1 aromatic heterocycles. The fourth-order valence-corrected chi connectivity index (χ4v) is 3.48. The van der Waals surface area contributed by atoms with Crippen LogP contribution in [0.1, 0.15) is 19.8 Å². The minimum absolute atomic E-state index is 0.311. The molecule has 0 spiro atoms. The third-order valence-corrected chi connectivity index (χ3v) is 4.69. The zero-order valence-corrected chi connectivity index (χ0v) is 12.8. The molecule has 2 aliphatic rings. The van der Waals surface area contributed by atoms with Gasteiger partial charge in [-0.15, -0.1) is 0 Å². The Labute approximate surface area is 127 Å². The molecule has 5 heteroatoms. The van der Waals surface area contributed by atoms with Crippen molar-refractivity contribution in [1.82, 2.24) is 9.88 Å². The summed E-state index contributed by atoms with van der Waals surface area (Å²) in [5.74, 6) is 1.08. The number of anilines is 1. The summed E-state index contributed by atoms with van der Waals surface area (Å²) in [5.41, 5.74) is 6.03. The number of pyridine rings is 1. The number of hydrogen-bond donors (Lipinski definition) is 1. The summed E-state index contributed by atoms with van der Waals surface area (Å²) in [7, 11) is 0. The molecule has 3 unspecified atom stereocenters. The average Bonchev–Trinajstić information content (AvgIpc) is 2.96. The summed E-state index contributed by atoms with van der Waals surface area (Å²) in [6, 6.07) is 6.45. The van der Waals surface area contributed by atoms with Crippen molar-refractivity contribution in [3.8, 4) is 0 Å². The number of piperazine rings is 1. The molecule has 0 amide bonds. The van der Waals surface area contributed by atoms with E-state index in [9.17, 15) is 0 Å². The van der Waals surface area contributed by atoms with Gasteiger partial charge in [-0.25, -0.2) is 4.98 Å². The maximum absolute atomic E-state index is 6.03. The fourth-order valence-electron chi connectivity index (χ4n) is 3.48. The van der Waals surface area contributed by atoms with Crippen molar-refractivity contribution in [3.05, 3.63) is 24.4 Å². The number of nitrogens with two attached hydrogens (primary N) is 1. The molecule has 0 bridgehead atoms. The van der Waals surface area contributed by atoms with Crippen molar-refractivity contribution in [2.45, 2.75) is 38.0 Å². The maximum atomic E-state index is 6.03. The monoisotopic (exact) mass is 290 g/mol. The van der Waals surface area contributed by atoms with E-state index in [0.29, 0.717) is 24.8 Å². The first-order valence-corrected chi connectivity index (χ1v) is 8.03. The number of hydrogen-bond acceptors (Lipinski definition) is 5. The third kappa shape index (κ3) is 3.36. The molecule has 21 heavy (non-hydrogen) atoms. The van der Waals surface area contributed by atoms with E-state index < -0.39 is 0 Å². The maximum Gasteiger partial charge on any atom is 0.128 e. The van der Waals surface area contributed by atoms with Gasteiger partial charge in [0.2, 0.25) is 0 Å². The second-order valence-electron chi connectivity index (χ2n) is 6.08. The third-order valence-electron chi connectivity index (χ3n) is 4.69. The summed E-state index contributed by atoms with van der Waals surface area (Å²) >= 11 is 0. The van der Waals surface area contributed by atoms with Crippen LogP contribution in [0.5, 0.6) is 0 Å². The van der Waals surface area contributed by atoms with Crippen molar-refractivity contribution in [2.24, 2.45) is 5.73 Å². The number of ether oxygens (including phenoxy) is 1. The highest BCUT2D eigenvalue weighted by molar-refractivity contribution is 5.38. The standard InChI is InChI=1S/C16H26N4O/c1-13-5-6-15(21-13)14(12-17)19-8-10-20(11-9-19)16-4-2-3-7-18-16/h2-4,7,13-15H,5-6,8-12,17H2,1H3. The van der Waals surface area contributed by atoms with Crippen molar-refractivity contribution in [2.75, 3.05) is 37.6 Å². The Kier molecular flexibility index (Phi) is 4.73. The zero-order chi connectivity index (χ0) is 14.7. The van der Waals surface area contributed by atoms with E-state index in [0.717, 1.165) is 44.8 Å². The van der Waals surface area contributed by atoms with E-state index in [1.165, 1.54) is 0 Å². The smallest absolute Gasteiger partial charge is 0.128 e. The van der Waals surface area contributed by atoms with E-state index in [2.05, 4.69) is 27.8 Å². The lowest BCUT2D eigenvalue weighted by atomic mass is 10.0. The van der Waals surface area contributed by atoms with E-state index in [1.54, 1.807) is 0 Å². The Morgan fingerprint density at radius 1 is 1.29 bits per heavy atom. The Bertz CT molecular complexity index is 433. The van der Waals surface area contributed by atoms with E-state index in [4.69, 9.17) is 10.5 Å². The molecule has 2 fully saturated rings. The van der Waals surface area contributed by atoms with Crippen LogP contribution < -0.4 is 10.6 Å². The van der Waals surface area contributed by atoms with Crippen LogP contribution >= 0.6 is 0 Å². The van der Waals surface area contributed by atoms with Crippen LogP contribution in [0.3, 0.4) is 0 Å². The van der Waals surface area contributed by atoms with Gasteiger partial charge in [-0.3, -0.25) is 4.90 Å². The minimum Gasteiger partial charge on any atom is -0.374 e. The van der Waals surface area contributed by atoms with Crippen LogP contribution in [0.25, 0.3) is 0 Å². The minimum atomic E-state index is 0.311. The summed E-state index contributed by atoms with van der Waals surface area (Å²) < 4.78 is 6.03. The van der Waals surface area contributed by atoms with Gasteiger partial charge < -0.3 is 15.4 Å². The first kappa shape index (κ1) is 14.8. The fraction of sp³-hybridized carbons (Fsp3) is 0.688. The molecule has 2 aliphatic heterocycles. The Morgan fingerprint density at radius 2 is 2.10 bits per heavy atom. The second-order valence-corrected chi connectivity index (χ2v) is 6.08. The molecular weight excluding hydrogens is 264 g/mol. The van der Waals surface area contributed by atoms with Crippen molar-refractivity contribution >= 4 is 5.82 Å². The van der Waals surface area contributed by atoms with Crippen molar-refractivity contribution in [1.29, 1.82) is 0 Å². The van der Waals surface area contributed by atoms with Gasteiger partial charge in [0.15, 0.2) is 0 Å². The predicted octanol–water partition coefficient (Wildman–Crippen LogP) is 1.10.